The minimum absolute atomic E-state index is 0.929. The van der Waals surface area contributed by atoms with Crippen LogP contribution in [0.25, 0.3) is 0 Å². The molecular formula is C7H12N2S. The number of hydrogen-bond acceptors (Lipinski definition) is 2. The van der Waals surface area contributed by atoms with E-state index in [1.807, 2.05) is 24.0 Å². The molecule has 0 aliphatic rings. The van der Waals surface area contributed by atoms with Crippen LogP contribution in [0, 0.1) is 6.92 Å². The Labute approximate surface area is 66.7 Å². The summed E-state index contributed by atoms with van der Waals surface area (Å²) in [4.78, 5) is 0. The predicted molar refractivity (Wildman–Crippen MR) is 45.4 cm³/mol. The third-order valence-electron chi connectivity index (χ3n) is 1.31. The largest absolute Gasteiger partial charge is 0.272 e. The molecule has 0 saturated heterocycles. The zero-order valence-corrected chi connectivity index (χ0v) is 7.01. The van der Waals surface area contributed by atoms with Crippen LogP contribution in [-0.4, -0.2) is 15.5 Å². The van der Waals surface area contributed by atoms with Crippen molar-refractivity contribution in [1.29, 1.82) is 0 Å². The van der Waals surface area contributed by atoms with Crippen molar-refractivity contribution in [3.8, 4) is 0 Å². The number of thiol groups is 1. The minimum atomic E-state index is 0.929. The molecule has 2 nitrogen and oxygen atoms in total. The van der Waals surface area contributed by atoms with E-state index >= 15 is 0 Å². The third kappa shape index (κ3) is 2.06. The highest BCUT2D eigenvalue weighted by molar-refractivity contribution is 7.80. The lowest BCUT2D eigenvalue weighted by molar-refractivity contribution is 0.606. The van der Waals surface area contributed by atoms with Gasteiger partial charge in [-0.2, -0.15) is 17.7 Å². The molecule has 0 atom stereocenters. The molecule has 1 rings (SSSR count). The van der Waals surface area contributed by atoms with Crippen molar-refractivity contribution < 1.29 is 0 Å². The quantitative estimate of drug-likeness (QED) is 0.657. The monoisotopic (exact) mass is 156 g/mol. The van der Waals surface area contributed by atoms with Gasteiger partial charge in [0.2, 0.25) is 0 Å². The van der Waals surface area contributed by atoms with Gasteiger partial charge >= 0.3 is 0 Å². The molecule has 1 aromatic heterocycles. The summed E-state index contributed by atoms with van der Waals surface area (Å²) in [6.07, 6.45) is 5.01. The fourth-order valence-corrected chi connectivity index (χ4v) is 0.963. The summed E-state index contributed by atoms with van der Waals surface area (Å²) in [6, 6.07) is 0. The smallest absolute Gasteiger partial charge is 0.0518 e. The Morgan fingerprint density at radius 3 is 3.00 bits per heavy atom. The average Bonchev–Trinajstić information content (AvgIpc) is 2.31. The van der Waals surface area contributed by atoms with Gasteiger partial charge in [-0.25, -0.2) is 0 Å². The van der Waals surface area contributed by atoms with E-state index in [9.17, 15) is 0 Å². The number of hydrogen-bond donors (Lipinski definition) is 1. The summed E-state index contributed by atoms with van der Waals surface area (Å²) in [5, 5.41) is 4.14. The van der Waals surface area contributed by atoms with Crippen LogP contribution in [0.2, 0.25) is 0 Å². The van der Waals surface area contributed by atoms with Gasteiger partial charge in [0.05, 0.1) is 6.20 Å². The van der Waals surface area contributed by atoms with Crippen LogP contribution in [0.1, 0.15) is 12.0 Å². The van der Waals surface area contributed by atoms with Gasteiger partial charge in [0.1, 0.15) is 0 Å². The van der Waals surface area contributed by atoms with Gasteiger partial charge in [-0.05, 0) is 24.7 Å². The van der Waals surface area contributed by atoms with Gasteiger partial charge in [0.25, 0.3) is 0 Å². The van der Waals surface area contributed by atoms with E-state index in [1.54, 1.807) is 0 Å². The predicted octanol–water partition coefficient (Wildman–Crippen LogP) is 1.51. The summed E-state index contributed by atoms with van der Waals surface area (Å²) >= 11 is 4.12. The van der Waals surface area contributed by atoms with Gasteiger partial charge < -0.3 is 0 Å². The minimum Gasteiger partial charge on any atom is -0.272 e. The second-order valence-corrected chi connectivity index (χ2v) is 2.81. The molecule has 10 heavy (non-hydrogen) atoms. The molecule has 0 fully saturated rings. The van der Waals surface area contributed by atoms with Crippen LogP contribution in [0.3, 0.4) is 0 Å². The van der Waals surface area contributed by atoms with E-state index in [0.717, 1.165) is 18.7 Å². The van der Waals surface area contributed by atoms with Gasteiger partial charge in [0, 0.05) is 12.7 Å². The lowest BCUT2D eigenvalue weighted by Gasteiger charge is -1.96. The molecule has 1 heterocycles. The molecule has 0 aromatic carbocycles. The van der Waals surface area contributed by atoms with Gasteiger partial charge in [-0.1, -0.05) is 0 Å². The second kappa shape index (κ2) is 3.66. The van der Waals surface area contributed by atoms with E-state index in [1.165, 1.54) is 5.56 Å². The fraction of sp³-hybridized carbons (Fsp3) is 0.571. The highest BCUT2D eigenvalue weighted by Gasteiger charge is 1.90. The highest BCUT2D eigenvalue weighted by atomic mass is 32.1. The molecule has 0 saturated carbocycles. The first-order valence-corrected chi connectivity index (χ1v) is 4.06. The van der Waals surface area contributed by atoms with Crippen molar-refractivity contribution in [2.45, 2.75) is 19.9 Å². The summed E-state index contributed by atoms with van der Waals surface area (Å²) in [7, 11) is 0. The number of rotatable bonds is 3. The molecule has 0 bridgehead atoms. The molecule has 56 valence electrons. The lowest BCUT2D eigenvalue weighted by Crippen LogP contribution is -1.97. The Morgan fingerprint density at radius 2 is 2.50 bits per heavy atom. The number of aryl methyl sites for hydroxylation is 2. The standard InChI is InChI=1S/C7H12N2S/c1-7-5-8-9(6-7)3-2-4-10/h5-6,10H,2-4H2,1H3. The maximum Gasteiger partial charge on any atom is 0.0518 e. The van der Waals surface area contributed by atoms with Crippen LogP contribution < -0.4 is 0 Å². The summed E-state index contributed by atoms with van der Waals surface area (Å²) in [6.45, 7) is 3.03. The Hall–Kier alpha value is -0.440. The lowest BCUT2D eigenvalue weighted by atomic mass is 10.4. The van der Waals surface area contributed by atoms with E-state index in [2.05, 4.69) is 17.7 Å². The molecule has 0 aliphatic carbocycles. The van der Waals surface area contributed by atoms with E-state index in [-0.39, 0.29) is 0 Å². The first-order chi connectivity index (χ1) is 4.83. The maximum absolute atomic E-state index is 4.14. The molecule has 0 aliphatic heterocycles. The van der Waals surface area contributed by atoms with E-state index in [4.69, 9.17) is 0 Å². The van der Waals surface area contributed by atoms with Crippen LogP contribution in [0.5, 0.6) is 0 Å². The molecule has 0 N–H and O–H groups in total. The van der Waals surface area contributed by atoms with Crippen LogP contribution >= 0.6 is 12.6 Å². The molecule has 0 unspecified atom stereocenters. The van der Waals surface area contributed by atoms with Crippen molar-refractivity contribution in [3.63, 3.8) is 0 Å². The zero-order chi connectivity index (χ0) is 7.40. The number of nitrogens with zero attached hydrogens (tertiary/aromatic N) is 2. The Morgan fingerprint density at radius 1 is 1.70 bits per heavy atom. The SMILES string of the molecule is Cc1cnn(CCCS)c1. The van der Waals surface area contributed by atoms with Crippen molar-refractivity contribution in [2.24, 2.45) is 0 Å². The summed E-state index contributed by atoms with van der Waals surface area (Å²) < 4.78 is 1.95. The Kier molecular flexibility index (Phi) is 2.81. The Balaban J connectivity index is 2.42. The van der Waals surface area contributed by atoms with Gasteiger partial charge in [-0.15, -0.1) is 0 Å². The summed E-state index contributed by atoms with van der Waals surface area (Å²) in [5.74, 6) is 0.929. The van der Waals surface area contributed by atoms with Crippen molar-refractivity contribution in [2.75, 3.05) is 5.75 Å². The van der Waals surface area contributed by atoms with E-state index < -0.39 is 0 Å². The molecule has 1 aromatic rings. The van der Waals surface area contributed by atoms with Crippen molar-refractivity contribution in [3.05, 3.63) is 18.0 Å². The highest BCUT2D eigenvalue weighted by Crippen LogP contribution is 1.95. The van der Waals surface area contributed by atoms with E-state index in [0.29, 0.717) is 0 Å². The zero-order valence-electron chi connectivity index (χ0n) is 6.12. The fourth-order valence-electron chi connectivity index (χ4n) is 0.822. The molecule has 0 spiro atoms. The number of aromatic nitrogens is 2. The molecule has 0 radical (unpaired) electrons. The molecular weight excluding hydrogens is 144 g/mol. The normalized spacial score (nSPS) is 10.2. The average molecular weight is 156 g/mol. The first-order valence-electron chi connectivity index (χ1n) is 3.43. The van der Waals surface area contributed by atoms with Crippen LogP contribution in [0.15, 0.2) is 12.4 Å². The summed E-state index contributed by atoms with van der Waals surface area (Å²) in [5.41, 5.74) is 1.22. The Bertz CT molecular complexity index is 195. The molecule has 3 heteroatoms. The maximum atomic E-state index is 4.14. The molecule has 0 amide bonds. The van der Waals surface area contributed by atoms with Crippen LogP contribution in [-0.2, 0) is 6.54 Å². The van der Waals surface area contributed by atoms with Crippen LogP contribution in [0.4, 0.5) is 0 Å². The van der Waals surface area contributed by atoms with Crippen molar-refractivity contribution in [1.82, 2.24) is 9.78 Å². The van der Waals surface area contributed by atoms with Crippen molar-refractivity contribution >= 4 is 12.6 Å². The third-order valence-corrected chi connectivity index (χ3v) is 1.62. The second-order valence-electron chi connectivity index (χ2n) is 2.36. The first kappa shape index (κ1) is 7.66. The van der Waals surface area contributed by atoms with Gasteiger partial charge in [0.15, 0.2) is 0 Å². The topological polar surface area (TPSA) is 17.8 Å². The van der Waals surface area contributed by atoms with Gasteiger partial charge in [-0.3, -0.25) is 4.68 Å².